The van der Waals surface area contributed by atoms with Gasteiger partial charge in [-0.2, -0.15) is 11.8 Å². The van der Waals surface area contributed by atoms with Crippen molar-refractivity contribution in [3.63, 3.8) is 0 Å². The second-order valence-electron chi connectivity index (χ2n) is 4.87. The van der Waals surface area contributed by atoms with Crippen LogP contribution in [0.1, 0.15) is 34.6 Å². The summed E-state index contributed by atoms with van der Waals surface area (Å²) in [6, 6.07) is 0.684. The summed E-state index contributed by atoms with van der Waals surface area (Å²) in [7, 11) is 0. The Morgan fingerprint density at radius 1 is 1.27 bits per heavy atom. The molecule has 2 N–H and O–H groups in total. The Kier molecular flexibility index (Phi) is 3.93. The van der Waals surface area contributed by atoms with Gasteiger partial charge in [-0.05, 0) is 5.41 Å². The van der Waals surface area contributed by atoms with Gasteiger partial charge in [-0.15, -0.1) is 0 Å². The molecule has 15 heavy (non-hydrogen) atoms. The smallest absolute Gasteiger partial charge is 0.315 e. The Balaban J connectivity index is 0.000000531. The van der Waals surface area contributed by atoms with Crippen LogP contribution in [0.4, 0.5) is 4.79 Å². The minimum absolute atomic E-state index is 0.00421. The van der Waals surface area contributed by atoms with Gasteiger partial charge in [-0.1, -0.05) is 34.6 Å². The molecule has 0 spiro atoms. The zero-order valence-electron chi connectivity index (χ0n) is 10.3. The van der Waals surface area contributed by atoms with Crippen LogP contribution in [0.3, 0.4) is 0 Å². The second kappa shape index (κ2) is 4.64. The summed E-state index contributed by atoms with van der Waals surface area (Å²) in [5.41, 5.74) is 0.267. The lowest BCUT2D eigenvalue weighted by Crippen LogP contribution is -2.42. The van der Waals surface area contributed by atoms with E-state index in [0.29, 0.717) is 17.3 Å². The van der Waals surface area contributed by atoms with E-state index in [9.17, 15) is 4.79 Å². The molecular weight excluding hydrogens is 208 g/mol. The first-order valence-electron chi connectivity index (χ1n) is 5.67. The van der Waals surface area contributed by atoms with E-state index in [4.69, 9.17) is 0 Å². The minimum atomic E-state index is 0.00421. The molecule has 2 fully saturated rings. The third-order valence-electron chi connectivity index (χ3n) is 2.68. The predicted octanol–water partition coefficient (Wildman–Crippen LogP) is 2.22. The SMILES string of the molecule is CC.CC(C)(C)[C@@H]1SCC2NC(=O)NC21. The van der Waals surface area contributed by atoms with Crippen LogP contribution in [-0.2, 0) is 0 Å². The summed E-state index contributed by atoms with van der Waals surface area (Å²) in [4.78, 5) is 11.1. The largest absolute Gasteiger partial charge is 0.332 e. The van der Waals surface area contributed by atoms with Gasteiger partial charge in [-0.25, -0.2) is 4.79 Å². The summed E-state index contributed by atoms with van der Waals surface area (Å²) < 4.78 is 0. The summed E-state index contributed by atoms with van der Waals surface area (Å²) in [5, 5.41) is 6.49. The number of amides is 2. The highest BCUT2D eigenvalue weighted by Crippen LogP contribution is 2.40. The molecule has 2 amide bonds. The van der Waals surface area contributed by atoms with Crippen molar-refractivity contribution >= 4 is 17.8 Å². The number of hydrogen-bond acceptors (Lipinski definition) is 2. The number of rotatable bonds is 0. The zero-order valence-corrected chi connectivity index (χ0v) is 11.1. The lowest BCUT2D eigenvalue weighted by atomic mass is 9.86. The van der Waals surface area contributed by atoms with Crippen molar-refractivity contribution in [2.45, 2.75) is 52.0 Å². The minimum Gasteiger partial charge on any atom is -0.332 e. The molecule has 0 bridgehead atoms. The summed E-state index contributed by atoms with van der Waals surface area (Å²) in [6.45, 7) is 10.7. The Morgan fingerprint density at radius 2 is 1.87 bits per heavy atom. The van der Waals surface area contributed by atoms with Gasteiger partial charge < -0.3 is 10.6 Å². The molecule has 0 aromatic carbocycles. The molecule has 2 heterocycles. The van der Waals surface area contributed by atoms with E-state index in [0.717, 1.165) is 5.75 Å². The van der Waals surface area contributed by atoms with Crippen LogP contribution >= 0.6 is 11.8 Å². The third-order valence-corrected chi connectivity index (χ3v) is 4.59. The van der Waals surface area contributed by atoms with Crippen LogP contribution in [0.25, 0.3) is 0 Å². The van der Waals surface area contributed by atoms with Crippen molar-refractivity contribution in [1.29, 1.82) is 0 Å². The average molecular weight is 230 g/mol. The highest BCUT2D eigenvalue weighted by atomic mass is 32.2. The quantitative estimate of drug-likeness (QED) is 0.627. The number of fused-ring (bicyclic) bond motifs is 1. The third kappa shape index (κ3) is 2.60. The molecule has 0 saturated carbocycles. The summed E-state index contributed by atoms with van der Waals surface area (Å²) >= 11 is 1.97. The predicted molar refractivity (Wildman–Crippen MR) is 66.3 cm³/mol. The van der Waals surface area contributed by atoms with E-state index in [-0.39, 0.29) is 11.4 Å². The summed E-state index contributed by atoms with van der Waals surface area (Å²) in [5.74, 6) is 1.05. The molecule has 2 rings (SSSR count). The molecule has 0 radical (unpaired) electrons. The first kappa shape index (κ1) is 12.7. The number of carbonyl (C=O) groups excluding carboxylic acids is 1. The maximum Gasteiger partial charge on any atom is 0.315 e. The zero-order chi connectivity index (χ0) is 11.6. The van der Waals surface area contributed by atoms with Gasteiger partial charge in [0.25, 0.3) is 0 Å². The van der Waals surface area contributed by atoms with Crippen molar-refractivity contribution in [1.82, 2.24) is 10.6 Å². The number of urea groups is 1. The lowest BCUT2D eigenvalue weighted by Gasteiger charge is -2.30. The Hall–Kier alpha value is -0.380. The molecule has 4 heteroatoms. The molecule has 0 aromatic rings. The lowest BCUT2D eigenvalue weighted by molar-refractivity contribution is 0.246. The van der Waals surface area contributed by atoms with Crippen LogP contribution in [0, 0.1) is 5.41 Å². The maximum absolute atomic E-state index is 11.1. The van der Waals surface area contributed by atoms with Crippen molar-refractivity contribution in [3.05, 3.63) is 0 Å². The summed E-state index contributed by atoms with van der Waals surface area (Å²) in [6.07, 6.45) is 0. The van der Waals surface area contributed by atoms with E-state index >= 15 is 0 Å². The van der Waals surface area contributed by atoms with Crippen molar-refractivity contribution in [2.75, 3.05) is 5.75 Å². The van der Waals surface area contributed by atoms with E-state index in [1.54, 1.807) is 0 Å². The van der Waals surface area contributed by atoms with Gasteiger partial charge in [0.05, 0.1) is 12.1 Å². The van der Waals surface area contributed by atoms with Crippen LogP contribution in [0.5, 0.6) is 0 Å². The number of thioether (sulfide) groups is 1. The fraction of sp³-hybridized carbons (Fsp3) is 0.909. The number of nitrogens with one attached hydrogen (secondary N) is 2. The number of carbonyl (C=O) groups is 1. The Morgan fingerprint density at radius 3 is 2.40 bits per heavy atom. The van der Waals surface area contributed by atoms with Gasteiger partial charge in [0, 0.05) is 11.0 Å². The van der Waals surface area contributed by atoms with E-state index in [1.807, 2.05) is 25.6 Å². The van der Waals surface area contributed by atoms with Crippen LogP contribution < -0.4 is 10.6 Å². The molecule has 0 aromatic heterocycles. The fourth-order valence-electron chi connectivity index (χ4n) is 2.08. The molecular formula is C11H22N2OS. The first-order valence-corrected chi connectivity index (χ1v) is 6.72. The normalized spacial score (nSPS) is 33.7. The number of hydrogen-bond donors (Lipinski definition) is 2. The van der Waals surface area contributed by atoms with Crippen LogP contribution in [0.2, 0.25) is 0 Å². The molecule has 3 atom stereocenters. The van der Waals surface area contributed by atoms with E-state index in [1.165, 1.54) is 0 Å². The van der Waals surface area contributed by atoms with Gasteiger partial charge in [0.2, 0.25) is 0 Å². The molecule has 2 saturated heterocycles. The average Bonchev–Trinajstić information content (AvgIpc) is 2.64. The van der Waals surface area contributed by atoms with Gasteiger partial charge >= 0.3 is 6.03 Å². The highest BCUT2D eigenvalue weighted by molar-refractivity contribution is 8.00. The monoisotopic (exact) mass is 230 g/mol. The van der Waals surface area contributed by atoms with Gasteiger partial charge in [0.15, 0.2) is 0 Å². The molecule has 2 aliphatic heterocycles. The topological polar surface area (TPSA) is 41.1 Å². The van der Waals surface area contributed by atoms with Gasteiger partial charge in [-0.3, -0.25) is 0 Å². The standard InChI is InChI=1S/C9H16N2OS.C2H6/c1-9(2,3)7-6-5(4-13-7)10-8(12)11-6;1-2/h5-7H,4H2,1-3H3,(H2,10,11,12);1-2H3/t5?,6?,7-;/m1./s1. The van der Waals surface area contributed by atoms with Crippen LogP contribution in [0.15, 0.2) is 0 Å². The van der Waals surface area contributed by atoms with Crippen molar-refractivity contribution in [2.24, 2.45) is 5.41 Å². The Labute approximate surface area is 96.8 Å². The molecule has 3 nitrogen and oxygen atoms in total. The Bertz CT molecular complexity index is 237. The van der Waals surface area contributed by atoms with E-state index < -0.39 is 0 Å². The first-order chi connectivity index (χ1) is 6.98. The van der Waals surface area contributed by atoms with Gasteiger partial charge in [0.1, 0.15) is 0 Å². The van der Waals surface area contributed by atoms with E-state index in [2.05, 4.69) is 31.4 Å². The fourth-order valence-corrected chi connectivity index (χ4v) is 3.75. The highest BCUT2D eigenvalue weighted by Gasteiger charge is 2.47. The molecule has 88 valence electrons. The van der Waals surface area contributed by atoms with Crippen molar-refractivity contribution in [3.8, 4) is 0 Å². The van der Waals surface area contributed by atoms with Crippen molar-refractivity contribution < 1.29 is 4.79 Å². The second-order valence-corrected chi connectivity index (χ2v) is 6.04. The molecule has 2 unspecified atom stereocenters. The molecule has 0 aliphatic carbocycles. The molecule has 2 aliphatic rings. The maximum atomic E-state index is 11.1. The van der Waals surface area contributed by atoms with Crippen LogP contribution in [-0.4, -0.2) is 29.1 Å².